The van der Waals surface area contributed by atoms with E-state index in [9.17, 15) is 4.79 Å². The van der Waals surface area contributed by atoms with E-state index >= 15 is 0 Å². The smallest absolute Gasteiger partial charge is 0.235 e. The predicted molar refractivity (Wildman–Crippen MR) is 61.9 cm³/mol. The Balaban J connectivity index is 1.88. The van der Waals surface area contributed by atoms with Crippen LogP contribution in [0.1, 0.15) is 39.0 Å². The maximum Gasteiger partial charge on any atom is 0.235 e. The fourth-order valence-corrected chi connectivity index (χ4v) is 3.65. The molecule has 1 N–H and O–H groups in total. The Hall–Kier alpha value is -0.240. The third-order valence-electron chi connectivity index (χ3n) is 3.86. The molecule has 2 saturated carbocycles. The SMILES string of the molecule is CC1CC2CC(C1)CC(NC(=O)CCl)C2. The average molecular weight is 230 g/mol. The number of alkyl halides is 1. The Kier molecular flexibility index (Phi) is 3.55. The summed E-state index contributed by atoms with van der Waals surface area (Å²) in [5.41, 5.74) is 0. The molecule has 0 aromatic rings. The van der Waals surface area contributed by atoms with Crippen molar-refractivity contribution in [3.63, 3.8) is 0 Å². The number of rotatable bonds is 2. The van der Waals surface area contributed by atoms with Gasteiger partial charge >= 0.3 is 0 Å². The topological polar surface area (TPSA) is 29.1 Å². The van der Waals surface area contributed by atoms with Crippen LogP contribution in [0.3, 0.4) is 0 Å². The molecule has 0 spiro atoms. The third-order valence-corrected chi connectivity index (χ3v) is 4.10. The summed E-state index contributed by atoms with van der Waals surface area (Å²) in [5.74, 6) is 2.66. The Labute approximate surface area is 96.8 Å². The summed E-state index contributed by atoms with van der Waals surface area (Å²) < 4.78 is 0. The molecule has 2 fully saturated rings. The van der Waals surface area contributed by atoms with E-state index in [0.29, 0.717) is 6.04 Å². The molecule has 2 rings (SSSR count). The number of nitrogens with one attached hydrogen (secondary N) is 1. The molecule has 86 valence electrons. The van der Waals surface area contributed by atoms with E-state index < -0.39 is 0 Å². The van der Waals surface area contributed by atoms with Gasteiger partial charge in [0.1, 0.15) is 5.88 Å². The fourth-order valence-electron chi connectivity index (χ4n) is 3.57. The van der Waals surface area contributed by atoms with Gasteiger partial charge in [-0.1, -0.05) is 6.92 Å². The molecule has 1 amide bonds. The minimum atomic E-state index is -0.00492. The van der Waals surface area contributed by atoms with Crippen molar-refractivity contribution >= 4 is 17.5 Å². The first-order chi connectivity index (χ1) is 7.17. The first-order valence-corrected chi connectivity index (χ1v) is 6.56. The van der Waals surface area contributed by atoms with Crippen LogP contribution in [0.2, 0.25) is 0 Å². The highest BCUT2D eigenvalue weighted by atomic mass is 35.5. The molecule has 3 heteroatoms. The number of carbonyl (C=O) groups excluding carboxylic acids is 1. The highest BCUT2D eigenvalue weighted by molar-refractivity contribution is 6.27. The third kappa shape index (κ3) is 2.87. The summed E-state index contributed by atoms with van der Waals surface area (Å²) in [5, 5.41) is 3.04. The number of fused-ring (bicyclic) bond motifs is 2. The molecule has 2 aliphatic carbocycles. The van der Waals surface area contributed by atoms with Crippen LogP contribution in [0.25, 0.3) is 0 Å². The highest BCUT2D eigenvalue weighted by Crippen LogP contribution is 2.42. The maximum atomic E-state index is 11.2. The maximum absolute atomic E-state index is 11.2. The zero-order chi connectivity index (χ0) is 10.8. The summed E-state index contributed by atoms with van der Waals surface area (Å²) in [4.78, 5) is 11.2. The van der Waals surface area contributed by atoms with Crippen LogP contribution in [-0.2, 0) is 4.79 Å². The summed E-state index contributed by atoms with van der Waals surface area (Å²) in [7, 11) is 0. The molecular formula is C12H20ClNO. The van der Waals surface area contributed by atoms with Gasteiger partial charge in [-0.05, 0) is 49.9 Å². The number of hydrogen-bond acceptors (Lipinski definition) is 1. The lowest BCUT2D eigenvalue weighted by molar-refractivity contribution is -0.119. The molecule has 2 aliphatic rings. The number of halogens is 1. The van der Waals surface area contributed by atoms with E-state index in [1.54, 1.807) is 0 Å². The highest BCUT2D eigenvalue weighted by Gasteiger charge is 2.34. The molecule has 0 radical (unpaired) electrons. The van der Waals surface area contributed by atoms with Crippen molar-refractivity contribution in [2.75, 3.05) is 5.88 Å². The van der Waals surface area contributed by atoms with Crippen molar-refractivity contribution in [3.8, 4) is 0 Å². The molecule has 2 nitrogen and oxygen atoms in total. The standard InChI is InChI=1S/C12H20ClNO/c1-8-2-9-4-10(3-8)6-11(5-9)14-12(15)7-13/h8-11H,2-7H2,1H3,(H,14,15). The monoisotopic (exact) mass is 229 g/mol. The average Bonchev–Trinajstić information content (AvgIpc) is 2.15. The zero-order valence-electron chi connectivity index (χ0n) is 9.34. The normalized spacial score (nSPS) is 39.9. The number of hydrogen-bond donors (Lipinski definition) is 1. The molecule has 2 atom stereocenters. The van der Waals surface area contributed by atoms with Crippen LogP contribution in [0.5, 0.6) is 0 Å². The Morgan fingerprint density at radius 2 is 1.80 bits per heavy atom. The van der Waals surface area contributed by atoms with Crippen molar-refractivity contribution in [3.05, 3.63) is 0 Å². The van der Waals surface area contributed by atoms with Gasteiger partial charge in [0.15, 0.2) is 0 Å². The van der Waals surface area contributed by atoms with Gasteiger partial charge in [-0.25, -0.2) is 0 Å². The largest absolute Gasteiger partial charge is 0.352 e. The van der Waals surface area contributed by atoms with Crippen LogP contribution in [0.15, 0.2) is 0 Å². The molecule has 15 heavy (non-hydrogen) atoms. The van der Waals surface area contributed by atoms with Gasteiger partial charge in [0.25, 0.3) is 0 Å². The van der Waals surface area contributed by atoms with Crippen LogP contribution in [0, 0.1) is 17.8 Å². The lowest BCUT2D eigenvalue weighted by Gasteiger charge is -2.41. The lowest BCUT2D eigenvalue weighted by atomic mass is 9.67. The second kappa shape index (κ2) is 4.73. The molecule has 2 bridgehead atoms. The second-order valence-corrected chi connectivity index (χ2v) is 5.68. The lowest BCUT2D eigenvalue weighted by Crippen LogP contribution is -2.43. The van der Waals surface area contributed by atoms with Crippen molar-refractivity contribution in [2.24, 2.45) is 17.8 Å². The molecule has 2 unspecified atom stereocenters. The summed E-state index contributed by atoms with van der Waals surface area (Å²) >= 11 is 5.50. The zero-order valence-corrected chi connectivity index (χ0v) is 10.1. The Bertz CT molecular complexity index is 226. The van der Waals surface area contributed by atoms with Gasteiger partial charge in [0, 0.05) is 6.04 Å². The predicted octanol–water partition coefficient (Wildman–Crippen LogP) is 2.56. The van der Waals surface area contributed by atoms with Crippen LogP contribution in [0.4, 0.5) is 0 Å². The van der Waals surface area contributed by atoms with Crippen LogP contribution < -0.4 is 5.32 Å². The van der Waals surface area contributed by atoms with Crippen molar-refractivity contribution in [2.45, 2.75) is 45.1 Å². The molecule has 0 aromatic heterocycles. The van der Waals surface area contributed by atoms with Gasteiger partial charge in [0.05, 0.1) is 0 Å². The van der Waals surface area contributed by atoms with Gasteiger partial charge in [-0.3, -0.25) is 4.79 Å². The van der Waals surface area contributed by atoms with E-state index in [2.05, 4.69) is 12.2 Å². The summed E-state index contributed by atoms with van der Waals surface area (Å²) in [6.45, 7) is 2.36. The van der Waals surface area contributed by atoms with Gasteiger partial charge in [-0.2, -0.15) is 0 Å². The van der Waals surface area contributed by atoms with Crippen LogP contribution >= 0.6 is 11.6 Å². The van der Waals surface area contributed by atoms with Crippen molar-refractivity contribution in [1.82, 2.24) is 5.32 Å². The van der Waals surface area contributed by atoms with Gasteiger partial charge in [-0.15, -0.1) is 11.6 Å². The quantitative estimate of drug-likeness (QED) is 0.725. The number of amides is 1. The molecule has 0 aliphatic heterocycles. The minimum absolute atomic E-state index is 0.00492. The van der Waals surface area contributed by atoms with Crippen LogP contribution in [-0.4, -0.2) is 17.8 Å². The second-order valence-electron chi connectivity index (χ2n) is 5.41. The number of carbonyl (C=O) groups is 1. The van der Waals surface area contributed by atoms with E-state index in [1.165, 1.54) is 32.1 Å². The summed E-state index contributed by atoms with van der Waals surface area (Å²) in [6.07, 6.45) is 6.43. The van der Waals surface area contributed by atoms with E-state index in [-0.39, 0.29) is 11.8 Å². The van der Waals surface area contributed by atoms with E-state index in [1.807, 2.05) is 0 Å². The molecule has 0 aromatic carbocycles. The molecule has 0 saturated heterocycles. The van der Waals surface area contributed by atoms with Crippen molar-refractivity contribution in [1.29, 1.82) is 0 Å². The first-order valence-electron chi connectivity index (χ1n) is 6.02. The first kappa shape index (κ1) is 11.3. The molecule has 0 heterocycles. The van der Waals surface area contributed by atoms with E-state index in [0.717, 1.165) is 17.8 Å². The Morgan fingerprint density at radius 1 is 1.20 bits per heavy atom. The van der Waals surface area contributed by atoms with E-state index in [4.69, 9.17) is 11.6 Å². The van der Waals surface area contributed by atoms with Gasteiger partial charge < -0.3 is 5.32 Å². The molecular weight excluding hydrogens is 210 g/mol. The minimum Gasteiger partial charge on any atom is -0.352 e. The fraction of sp³-hybridized carbons (Fsp3) is 0.917. The van der Waals surface area contributed by atoms with Gasteiger partial charge in [0.2, 0.25) is 5.91 Å². The summed E-state index contributed by atoms with van der Waals surface area (Å²) in [6, 6.07) is 0.396. The van der Waals surface area contributed by atoms with Crippen molar-refractivity contribution < 1.29 is 4.79 Å². The Morgan fingerprint density at radius 3 is 2.33 bits per heavy atom.